The minimum atomic E-state index is -2.07. The number of carboxylic acids is 2. The van der Waals surface area contributed by atoms with Gasteiger partial charge in [0.05, 0.1) is 0 Å². The topological polar surface area (TPSA) is 77.4 Å². The number of rotatable bonds is 0. The summed E-state index contributed by atoms with van der Waals surface area (Å²) in [7, 11) is 0. The molecule has 0 spiro atoms. The summed E-state index contributed by atoms with van der Waals surface area (Å²) in [6.07, 6.45) is 0. The number of carbonyl (C=O) groups excluding carboxylic acids is 1. The molecule has 0 aliphatic carbocycles. The molecule has 0 unspecified atom stereocenters. The van der Waals surface area contributed by atoms with Crippen LogP contribution in [0.1, 0.15) is 0 Å². The summed E-state index contributed by atoms with van der Waals surface area (Å²) in [6.45, 7) is 0. The van der Waals surface area contributed by atoms with Crippen molar-refractivity contribution in [1.82, 2.24) is 0 Å². The van der Waals surface area contributed by atoms with Crippen molar-refractivity contribution in [2.75, 3.05) is 0 Å². The van der Waals surface area contributed by atoms with E-state index in [2.05, 4.69) is 0 Å². The van der Waals surface area contributed by atoms with Crippen LogP contribution >= 0.6 is 0 Å². The molecule has 0 bridgehead atoms. The van der Waals surface area contributed by atoms with E-state index in [1.807, 2.05) is 0 Å². The average molecular weight is 203 g/mol. The third-order valence-corrected chi connectivity index (χ3v) is 0.175. The minimum Gasteiger partial charge on any atom is -1.00 e. The first-order chi connectivity index (χ1) is 2.64. The third kappa shape index (κ3) is 18.0. The summed E-state index contributed by atoms with van der Waals surface area (Å²) in [5.41, 5.74) is 0. The van der Waals surface area contributed by atoms with Crippen molar-refractivity contribution in [3.05, 3.63) is 0 Å². The van der Waals surface area contributed by atoms with E-state index in [0.717, 1.165) is 0 Å². The summed E-state index contributed by atoms with van der Waals surface area (Å²) < 4.78 is 0. The number of halogens is 1. The largest absolute Gasteiger partial charge is 1.00 e. The van der Waals surface area contributed by atoms with Gasteiger partial charge in [0, 0.05) is 0 Å². The van der Waals surface area contributed by atoms with Gasteiger partial charge in [-0.15, -0.1) is 0 Å². The standard InChI is InChI=1S/C2H2O4.ClH.2K/c3-1(4)2(5)6;;;/h(H,3,4)(H,5,6);1H;;/q;;2*+1/p-2. The van der Waals surface area contributed by atoms with Crippen molar-refractivity contribution in [3.63, 3.8) is 0 Å². The van der Waals surface area contributed by atoms with Gasteiger partial charge in [-0.1, -0.05) is 0 Å². The Morgan fingerprint density at radius 1 is 1.22 bits per heavy atom. The molecule has 1 N–H and O–H groups in total. The zero-order valence-electron chi connectivity index (χ0n) is 5.05. The Labute approximate surface area is 143 Å². The smallest absolute Gasteiger partial charge is 1.00 e. The normalized spacial score (nSPS) is 4.89. The van der Waals surface area contributed by atoms with Crippen molar-refractivity contribution in [3.8, 4) is 0 Å². The Morgan fingerprint density at radius 2 is 1.33 bits per heavy atom. The molecular formula is C2HClK2O4. The van der Waals surface area contributed by atoms with Gasteiger partial charge in [-0.3, -0.25) is 0 Å². The van der Waals surface area contributed by atoms with Crippen LogP contribution in [-0.2, 0) is 9.59 Å². The fourth-order valence-corrected chi connectivity index (χ4v) is 0. The van der Waals surface area contributed by atoms with E-state index < -0.39 is 11.9 Å². The van der Waals surface area contributed by atoms with Crippen LogP contribution < -0.4 is 120 Å². The summed E-state index contributed by atoms with van der Waals surface area (Å²) >= 11 is 0. The molecule has 42 valence electrons. The van der Waals surface area contributed by atoms with E-state index in [0.29, 0.717) is 0 Å². The molecule has 0 aromatic carbocycles. The van der Waals surface area contributed by atoms with Crippen LogP contribution in [0.2, 0.25) is 0 Å². The molecule has 4 nitrogen and oxygen atoms in total. The summed E-state index contributed by atoms with van der Waals surface area (Å²) in [6, 6.07) is 0. The molecule has 0 saturated carbocycles. The minimum absolute atomic E-state index is 0. The summed E-state index contributed by atoms with van der Waals surface area (Å²) in [4.78, 5) is 18.0. The van der Waals surface area contributed by atoms with Crippen molar-refractivity contribution >= 4 is 11.9 Å². The van der Waals surface area contributed by atoms with Gasteiger partial charge in [0.15, 0.2) is 5.97 Å². The molecule has 0 rings (SSSR count). The second-order valence-corrected chi connectivity index (χ2v) is 0.593. The molecular weight excluding hydrogens is 202 g/mol. The van der Waals surface area contributed by atoms with Crippen LogP contribution in [-0.4, -0.2) is 17.0 Å². The Morgan fingerprint density at radius 3 is 1.33 bits per heavy atom. The van der Waals surface area contributed by atoms with Gasteiger partial charge >= 0.3 is 109 Å². The SMILES string of the molecule is O=C([O-])C(=O)O.[Cl-].[K+].[K+]. The van der Waals surface area contributed by atoms with Crippen molar-refractivity contribution < 1.29 is 135 Å². The van der Waals surface area contributed by atoms with Gasteiger partial charge in [-0.05, 0) is 0 Å². The zero-order valence-corrected chi connectivity index (χ0v) is 12.1. The van der Waals surface area contributed by atoms with Crippen LogP contribution in [0.4, 0.5) is 0 Å². The first-order valence-corrected chi connectivity index (χ1v) is 1.09. The number of hydrogen-bond donors (Lipinski definition) is 1. The molecule has 0 saturated heterocycles. The quantitative estimate of drug-likeness (QED) is 0.313. The fraction of sp³-hybridized carbons (Fsp3) is 0. The Bertz CT molecular complexity index is 82.6. The molecule has 0 atom stereocenters. The zero-order chi connectivity index (χ0) is 5.15. The predicted octanol–water partition coefficient (Wildman–Crippen LogP) is -11.2. The monoisotopic (exact) mass is 202 g/mol. The first-order valence-electron chi connectivity index (χ1n) is 1.09. The summed E-state index contributed by atoms with van der Waals surface area (Å²) in [5, 5.41) is 16.3. The molecule has 0 fully saturated rings. The van der Waals surface area contributed by atoms with Gasteiger partial charge < -0.3 is 27.4 Å². The maximum atomic E-state index is 9.04. The van der Waals surface area contributed by atoms with Crippen LogP contribution in [0, 0.1) is 0 Å². The van der Waals surface area contributed by atoms with Crippen molar-refractivity contribution in [1.29, 1.82) is 0 Å². The Hall–Kier alpha value is 2.50. The van der Waals surface area contributed by atoms with E-state index in [1.165, 1.54) is 0 Å². The van der Waals surface area contributed by atoms with Gasteiger partial charge in [0.2, 0.25) is 0 Å². The maximum Gasteiger partial charge on any atom is 1.00 e. The van der Waals surface area contributed by atoms with Crippen LogP contribution in [0.5, 0.6) is 0 Å². The molecule has 0 aliphatic rings. The molecule has 0 amide bonds. The van der Waals surface area contributed by atoms with Crippen molar-refractivity contribution in [2.24, 2.45) is 0 Å². The number of hydrogen-bond acceptors (Lipinski definition) is 3. The average Bonchev–Trinajstić information content (AvgIpc) is 1.36. The predicted molar refractivity (Wildman–Crippen MR) is 12.6 cm³/mol. The molecule has 0 radical (unpaired) electrons. The number of carboxylic acid groups (broad SMARTS) is 2. The molecule has 0 heterocycles. The fourth-order valence-electron chi connectivity index (χ4n) is 0. The molecule has 7 heteroatoms. The van der Waals surface area contributed by atoms with Crippen LogP contribution in [0.25, 0.3) is 0 Å². The van der Waals surface area contributed by atoms with E-state index >= 15 is 0 Å². The Kier molecular flexibility index (Phi) is 32.9. The molecule has 0 aliphatic heterocycles. The number of carbonyl (C=O) groups is 2. The van der Waals surface area contributed by atoms with Crippen molar-refractivity contribution in [2.45, 2.75) is 0 Å². The van der Waals surface area contributed by atoms with Gasteiger partial charge in [0.1, 0.15) is 0 Å². The summed E-state index contributed by atoms with van der Waals surface area (Å²) in [5.74, 6) is -4.01. The maximum absolute atomic E-state index is 9.04. The van der Waals surface area contributed by atoms with Gasteiger partial charge in [-0.25, -0.2) is 4.79 Å². The van der Waals surface area contributed by atoms with E-state index in [4.69, 9.17) is 19.8 Å². The van der Waals surface area contributed by atoms with E-state index in [-0.39, 0.29) is 115 Å². The van der Waals surface area contributed by atoms with Gasteiger partial charge in [0.25, 0.3) is 0 Å². The molecule has 0 aromatic heterocycles. The first kappa shape index (κ1) is 22.5. The Balaban J connectivity index is -0.0000000417. The number of aliphatic carboxylic acids is 2. The second kappa shape index (κ2) is 13.1. The third-order valence-electron chi connectivity index (χ3n) is 0.175. The van der Waals surface area contributed by atoms with Crippen LogP contribution in [0.3, 0.4) is 0 Å². The second-order valence-electron chi connectivity index (χ2n) is 0.593. The molecule has 9 heavy (non-hydrogen) atoms. The van der Waals surface area contributed by atoms with Gasteiger partial charge in [-0.2, -0.15) is 0 Å². The van der Waals surface area contributed by atoms with E-state index in [9.17, 15) is 0 Å². The molecule has 0 aromatic rings. The van der Waals surface area contributed by atoms with E-state index in [1.54, 1.807) is 0 Å². The van der Waals surface area contributed by atoms with Crippen LogP contribution in [0.15, 0.2) is 0 Å².